The lowest BCUT2D eigenvalue weighted by Crippen LogP contribution is -2.33. The Labute approximate surface area is 65.8 Å². The highest BCUT2D eigenvalue weighted by Gasteiger charge is 2.32. The molecule has 1 heterocycles. The minimum absolute atomic E-state index is 0.0982. The molecule has 3 nitrogen and oxygen atoms in total. The van der Waals surface area contributed by atoms with Gasteiger partial charge >= 0.3 is 0 Å². The molecule has 1 aliphatic heterocycles. The van der Waals surface area contributed by atoms with E-state index in [1.165, 1.54) is 0 Å². The summed E-state index contributed by atoms with van der Waals surface area (Å²) in [5, 5.41) is 2.89. The van der Waals surface area contributed by atoms with Gasteiger partial charge in [-0.25, -0.2) is 0 Å². The molecule has 0 radical (unpaired) electrons. The summed E-state index contributed by atoms with van der Waals surface area (Å²) in [5.74, 6) is 0.213. The van der Waals surface area contributed by atoms with Gasteiger partial charge in [-0.2, -0.15) is 0 Å². The van der Waals surface area contributed by atoms with Crippen LogP contribution >= 0.6 is 12.6 Å². The molecule has 3 atom stereocenters. The molecule has 1 aliphatic rings. The summed E-state index contributed by atoms with van der Waals surface area (Å²) in [5.41, 5.74) is 5.66. The fourth-order valence-corrected chi connectivity index (χ4v) is 1.52. The van der Waals surface area contributed by atoms with Crippen LogP contribution < -0.4 is 11.1 Å². The van der Waals surface area contributed by atoms with E-state index in [-0.39, 0.29) is 23.1 Å². The van der Waals surface area contributed by atoms with Gasteiger partial charge < -0.3 is 11.1 Å². The predicted octanol–water partition coefficient (Wildman–Crippen LogP) is -0.622. The van der Waals surface area contributed by atoms with Crippen molar-refractivity contribution < 1.29 is 4.79 Å². The topological polar surface area (TPSA) is 55.1 Å². The van der Waals surface area contributed by atoms with Crippen molar-refractivity contribution >= 4 is 17.7 Å². The monoisotopic (exact) mass is 160 g/mol. The maximum Gasteiger partial charge on any atom is 0.203 e. The second-order valence-corrected chi connectivity index (χ2v) is 3.19. The van der Waals surface area contributed by atoms with Crippen molar-refractivity contribution in [2.24, 2.45) is 11.7 Å². The van der Waals surface area contributed by atoms with Crippen molar-refractivity contribution in [3.8, 4) is 0 Å². The number of hydrogen-bond acceptors (Lipinski definition) is 3. The molecule has 1 rings (SSSR count). The van der Waals surface area contributed by atoms with Crippen LogP contribution in [0.3, 0.4) is 0 Å². The van der Waals surface area contributed by atoms with Crippen LogP contribution in [0.2, 0.25) is 0 Å². The number of rotatable bonds is 1. The van der Waals surface area contributed by atoms with E-state index in [1.54, 1.807) is 0 Å². The highest BCUT2D eigenvalue weighted by atomic mass is 32.1. The molecule has 3 N–H and O–H groups in total. The van der Waals surface area contributed by atoms with E-state index >= 15 is 0 Å². The Balaban J connectivity index is 2.57. The Morgan fingerprint density at radius 3 is 2.60 bits per heavy atom. The lowest BCUT2D eigenvalue weighted by atomic mass is 10.0. The fourth-order valence-electron chi connectivity index (χ4n) is 1.19. The van der Waals surface area contributed by atoms with Gasteiger partial charge in [-0.05, 0) is 5.92 Å². The first-order valence-corrected chi connectivity index (χ1v) is 3.79. The average molecular weight is 160 g/mol. The number of thiol groups is 1. The molecule has 1 saturated heterocycles. The van der Waals surface area contributed by atoms with Gasteiger partial charge in [-0.15, -0.1) is 12.6 Å². The van der Waals surface area contributed by atoms with E-state index in [0.717, 1.165) is 6.54 Å². The molecular formula is C6H12N2OS. The lowest BCUT2D eigenvalue weighted by molar-refractivity contribution is -0.113. The van der Waals surface area contributed by atoms with Gasteiger partial charge in [0.1, 0.15) is 0 Å². The van der Waals surface area contributed by atoms with Crippen molar-refractivity contribution in [2.75, 3.05) is 6.54 Å². The molecule has 4 heteroatoms. The maximum atomic E-state index is 10.7. The van der Waals surface area contributed by atoms with Gasteiger partial charge in [-0.1, -0.05) is 6.92 Å². The third-order valence-electron chi connectivity index (χ3n) is 2.04. The van der Waals surface area contributed by atoms with Gasteiger partial charge in [0, 0.05) is 12.6 Å². The maximum absolute atomic E-state index is 10.7. The summed E-state index contributed by atoms with van der Waals surface area (Å²) >= 11 is 3.74. The molecule has 0 bridgehead atoms. The molecule has 0 saturated carbocycles. The third kappa shape index (κ3) is 1.33. The molecule has 10 heavy (non-hydrogen) atoms. The van der Waals surface area contributed by atoms with Gasteiger partial charge in [0.2, 0.25) is 5.12 Å². The highest BCUT2D eigenvalue weighted by Crippen LogP contribution is 2.15. The Morgan fingerprint density at radius 1 is 1.80 bits per heavy atom. The summed E-state index contributed by atoms with van der Waals surface area (Å²) in [6.07, 6.45) is 0. The van der Waals surface area contributed by atoms with Crippen LogP contribution in [0, 0.1) is 5.92 Å². The SMILES string of the molecule is CC1C(N)CN[C@@H]1C(=O)S. The number of nitrogens with one attached hydrogen (secondary N) is 1. The second kappa shape index (κ2) is 2.90. The van der Waals surface area contributed by atoms with E-state index in [9.17, 15) is 4.79 Å². The van der Waals surface area contributed by atoms with Crippen LogP contribution in [-0.4, -0.2) is 23.7 Å². The Morgan fingerprint density at radius 2 is 2.40 bits per heavy atom. The summed E-state index contributed by atoms with van der Waals surface area (Å²) in [4.78, 5) is 10.7. The van der Waals surface area contributed by atoms with Crippen molar-refractivity contribution in [1.82, 2.24) is 5.32 Å². The first kappa shape index (κ1) is 8.04. The Kier molecular flexibility index (Phi) is 2.33. The van der Waals surface area contributed by atoms with Crippen LogP contribution in [0.4, 0.5) is 0 Å². The van der Waals surface area contributed by atoms with E-state index in [0.29, 0.717) is 0 Å². The molecule has 0 aliphatic carbocycles. The fraction of sp³-hybridized carbons (Fsp3) is 0.833. The summed E-state index contributed by atoms with van der Waals surface area (Å²) in [7, 11) is 0. The van der Waals surface area contributed by atoms with Crippen molar-refractivity contribution in [1.29, 1.82) is 0 Å². The standard InChI is InChI=1S/C6H12N2OS/c1-3-4(7)2-8-5(3)6(9)10/h3-5,8H,2,7H2,1H3,(H,9,10)/t3?,4?,5-/m0/s1. The van der Waals surface area contributed by atoms with Gasteiger partial charge in [0.25, 0.3) is 0 Å². The zero-order valence-corrected chi connectivity index (χ0v) is 6.77. The molecule has 1 fully saturated rings. The largest absolute Gasteiger partial charge is 0.326 e. The second-order valence-electron chi connectivity index (χ2n) is 2.75. The van der Waals surface area contributed by atoms with Crippen molar-refractivity contribution in [2.45, 2.75) is 19.0 Å². The van der Waals surface area contributed by atoms with Gasteiger partial charge in [0.15, 0.2) is 0 Å². The molecule has 0 spiro atoms. The van der Waals surface area contributed by atoms with E-state index in [4.69, 9.17) is 5.73 Å². The molecule has 0 aromatic rings. The number of carbonyl (C=O) groups excluding carboxylic acids is 1. The van der Waals surface area contributed by atoms with Crippen LogP contribution in [-0.2, 0) is 4.79 Å². The number of nitrogens with two attached hydrogens (primary N) is 1. The quantitative estimate of drug-likeness (QED) is 0.448. The molecule has 58 valence electrons. The van der Waals surface area contributed by atoms with E-state index in [1.807, 2.05) is 6.92 Å². The number of hydrogen-bond donors (Lipinski definition) is 3. The van der Waals surface area contributed by atoms with E-state index in [2.05, 4.69) is 17.9 Å². The normalized spacial score (nSPS) is 40.1. The molecule has 0 aromatic heterocycles. The Hall–Kier alpha value is -0.0600. The highest BCUT2D eigenvalue weighted by molar-refractivity contribution is 7.96. The zero-order chi connectivity index (χ0) is 7.72. The smallest absolute Gasteiger partial charge is 0.203 e. The van der Waals surface area contributed by atoms with Crippen LogP contribution in [0.15, 0.2) is 0 Å². The van der Waals surface area contributed by atoms with Gasteiger partial charge in [-0.3, -0.25) is 4.79 Å². The van der Waals surface area contributed by atoms with Crippen LogP contribution in [0.25, 0.3) is 0 Å². The minimum atomic E-state index is -0.140. The lowest BCUT2D eigenvalue weighted by Gasteiger charge is -2.12. The summed E-state index contributed by atoms with van der Waals surface area (Å²) in [6.45, 7) is 2.68. The minimum Gasteiger partial charge on any atom is -0.326 e. The molecule has 0 aromatic carbocycles. The first-order chi connectivity index (χ1) is 4.63. The Bertz CT molecular complexity index is 151. The third-order valence-corrected chi connectivity index (χ3v) is 2.32. The van der Waals surface area contributed by atoms with Crippen molar-refractivity contribution in [3.63, 3.8) is 0 Å². The molecule has 2 unspecified atom stereocenters. The molecular weight excluding hydrogens is 148 g/mol. The zero-order valence-electron chi connectivity index (χ0n) is 5.87. The average Bonchev–Trinajstić information content (AvgIpc) is 2.14. The van der Waals surface area contributed by atoms with Crippen molar-refractivity contribution in [3.05, 3.63) is 0 Å². The van der Waals surface area contributed by atoms with Crippen LogP contribution in [0.5, 0.6) is 0 Å². The first-order valence-electron chi connectivity index (χ1n) is 3.34. The summed E-state index contributed by atoms with van der Waals surface area (Å²) < 4.78 is 0. The predicted molar refractivity (Wildman–Crippen MR) is 42.9 cm³/mol. The molecule has 0 amide bonds. The number of carbonyl (C=O) groups is 1. The van der Waals surface area contributed by atoms with Crippen LogP contribution in [0.1, 0.15) is 6.92 Å². The van der Waals surface area contributed by atoms with E-state index < -0.39 is 0 Å². The summed E-state index contributed by atoms with van der Waals surface area (Å²) in [6, 6.07) is -0.0422. The van der Waals surface area contributed by atoms with Gasteiger partial charge in [0.05, 0.1) is 6.04 Å².